The summed E-state index contributed by atoms with van der Waals surface area (Å²) in [6, 6.07) is 16.7. The molecule has 2 aromatic carbocycles. The van der Waals surface area contributed by atoms with Crippen molar-refractivity contribution in [1.82, 2.24) is 9.80 Å². The molecular weight excluding hydrogens is 360 g/mol. The van der Waals surface area contributed by atoms with E-state index in [4.69, 9.17) is 0 Å². The Morgan fingerprint density at radius 1 is 1.04 bits per heavy atom. The highest BCUT2D eigenvalue weighted by Crippen LogP contribution is 2.26. The summed E-state index contributed by atoms with van der Waals surface area (Å²) in [5.41, 5.74) is 2.09. The summed E-state index contributed by atoms with van der Waals surface area (Å²) in [5, 5.41) is 0. The molecule has 3 rings (SSSR count). The molecule has 1 atom stereocenters. The van der Waals surface area contributed by atoms with Gasteiger partial charge in [0, 0.05) is 26.1 Å². The van der Waals surface area contributed by atoms with Gasteiger partial charge in [0.05, 0.1) is 16.7 Å². The number of sulfone groups is 1. The number of benzene rings is 2. The van der Waals surface area contributed by atoms with Crippen LogP contribution in [0.5, 0.6) is 0 Å². The number of aryl methyl sites for hydroxylation is 1. The molecule has 2 aromatic rings. The van der Waals surface area contributed by atoms with Crippen molar-refractivity contribution in [3.8, 4) is 0 Å². The number of nitrogens with zero attached hydrogens (tertiary/aromatic N) is 2. The Bertz CT molecular complexity index is 879. The molecule has 5 nitrogen and oxygen atoms in total. The lowest BCUT2D eigenvalue weighted by Crippen LogP contribution is -2.49. The molecule has 0 unspecified atom stereocenters. The first-order valence-electron chi connectivity index (χ1n) is 9.19. The van der Waals surface area contributed by atoms with Crippen LogP contribution in [0.2, 0.25) is 0 Å². The lowest BCUT2D eigenvalue weighted by molar-refractivity contribution is -0.135. The molecule has 6 heteroatoms. The van der Waals surface area contributed by atoms with Gasteiger partial charge in [-0.25, -0.2) is 8.42 Å². The highest BCUT2D eigenvalue weighted by molar-refractivity contribution is 7.91. The van der Waals surface area contributed by atoms with Gasteiger partial charge >= 0.3 is 0 Å². The molecule has 1 saturated heterocycles. The van der Waals surface area contributed by atoms with Crippen molar-refractivity contribution in [3.05, 3.63) is 65.7 Å². The number of hydrogen-bond donors (Lipinski definition) is 0. The molecule has 0 radical (unpaired) electrons. The topological polar surface area (TPSA) is 57.7 Å². The molecule has 0 N–H and O–H groups in total. The smallest absolute Gasteiger partial charge is 0.224 e. The summed E-state index contributed by atoms with van der Waals surface area (Å²) in [5.74, 6) is -0.268. The first-order valence-corrected chi connectivity index (χ1v) is 10.8. The Morgan fingerprint density at radius 3 is 2.37 bits per heavy atom. The van der Waals surface area contributed by atoms with Crippen LogP contribution in [0, 0.1) is 6.92 Å². The predicted molar refractivity (Wildman–Crippen MR) is 106 cm³/mol. The number of rotatable bonds is 5. The van der Waals surface area contributed by atoms with Crippen LogP contribution in [-0.4, -0.2) is 56.6 Å². The van der Waals surface area contributed by atoms with Crippen LogP contribution in [0.1, 0.15) is 23.6 Å². The molecule has 1 heterocycles. The molecule has 144 valence electrons. The Kier molecular flexibility index (Phi) is 5.97. The Balaban J connectivity index is 1.71. The summed E-state index contributed by atoms with van der Waals surface area (Å²) in [6.07, 6.45) is 0.00323. The van der Waals surface area contributed by atoms with E-state index >= 15 is 0 Å². The summed E-state index contributed by atoms with van der Waals surface area (Å²) < 4.78 is 25.1. The minimum Gasteiger partial charge on any atom is -0.333 e. The van der Waals surface area contributed by atoms with Gasteiger partial charge in [-0.1, -0.05) is 48.0 Å². The van der Waals surface area contributed by atoms with Crippen molar-refractivity contribution in [2.75, 3.05) is 32.4 Å². The van der Waals surface area contributed by atoms with Crippen LogP contribution in [0.15, 0.2) is 59.5 Å². The lowest BCUT2D eigenvalue weighted by Gasteiger charge is -2.40. The zero-order chi connectivity index (χ0) is 19.4. The highest BCUT2D eigenvalue weighted by Gasteiger charge is 2.30. The molecule has 1 aliphatic heterocycles. The van der Waals surface area contributed by atoms with Gasteiger partial charge in [-0.15, -0.1) is 0 Å². The minimum absolute atomic E-state index is 0.00323. The monoisotopic (exact) mass is 386 g/mol. The predicted octanol–water partition coefficient (Wildman–Crippen LogP) is 2.67. The number of hydrogen-bond acceptors (Lipinski definition) is 4. The quantitative estimate of drug-likeness (QED) is 0.793. The fraction of sp³-hybridized carbons (Fsp3) is 0.381. The third kappa shape index (κ3) is 4.76. The third-order valence-electron chi connectivity index (χ3n) is 5.05. The van der Waals surface area contributed by atoms with Crippen LogP contribution in [0.4, 0.5) is 0 Å². The van der Waals surface area contributed by atoms with Crippen molar-refractivity contribution in [1.29, 1.82) is 0 Å². The van der Waals surface area contributed by atoms with Crippen LogP contribution < -0.4 is 0 Å². The van der Waals surface area contributed by atoms with Crippen molar-refractivity contribution in [3.63, 3.8) is 0 Å². The molecule has 0 aromatic heterocycles. The Morgan fingerprint density at radius 2 is 1.70 bits per heavy atom. The van der Waals surface area contributed by atoms with E-state index in [-0.39, 0.29) is 29.0 Å². The van der Waals surface area contributed by atoms with Gasteiger partial charge in [0.2, 0.25) is 5.91 Å². The molecule has 1 fully saturated rings. The third-order valence-corrected chi connectivity index (χ3v) is 6.78. The highest BCUT2D eigenvalue weighted by atomic mass is 32.2. The largest absolute Gasteiger partial charge is 0.333 e. The maximum Gasteiger partial charge on any atom is 0.224 e. The average Bonchev–Trinajstić information content (AvgIpc) is 2.67. The van der Waals surface area contributed by atoms with Gasteiger partial charge in [0.15, 0.2) is 9.84 Å². The second kappa shape index (κ2) is 8.23. The number of carbonyl (C=O) groups excluding carboxylic acids is 1. The van der Waals surface area contributed by atoms with E-state index in [1.807, 2.05) is 49.2 Å². The average molecular weight is 387 g/mol. The molecular formula is C21H26N2O3S. The van der Waals surface area contributed by atoms with Crippen LogP contribution in [-0.2, 0) is 14.6 Å². The van der Waals surface area contributed by atoms with E-state index in [0.29, 0.717) is 6.54 Å². The van der Waals surface area contributed by atoms with Crippen molar-refractivity contribution in [2.24, 2.45) is 0 Å². The van der Waals surface area contributed by atoms with Gasteiger partial charge in [0.25, 0.3) is 0 Å². The second-order valence-electron chi connectivity index (χ2n) is 7.16. The van der Waals surface area contributed by atoms with Gasteiger partial charge in [-0.3, -0.25) is 4.79 Å². The summed E-state index contributed by atoms with van der Waals surface area (Å²) in [7, 11) is -1.42. The molecule has 0 aliphatic carbocycles. The minimum atomic E-state index is -3.46. The zero-order valence-corrected chi connectivity index (χ0v) is 16.7. The fourth-order valence-corrected chi connectivity index (χ4v) is 4.64. The number of likely N-dealkylation sites (N-methyl/N-ethyl adjacent to an activating group) is 1. The van der Waals surface area contributed by atoms with Crippen molar-refractivity contribution >= 4 is 15.7 Å². The first-order chi connectivity index (χ1) is 12.9. The van der Waals surface area contributed by atoms with Gasteiger partial charge in [-0.05, 0) is 31.7 Å². The Hall–Kier alpha value is -2.18. The van der Waals surface area contributed by atoms with E-state index in [1.165, 1.54) is 0 Å². The van der Waals surface area contributed by atoms with E-state index < -0.39 is 9.84 Å². The maximum atomic E-state index is 12.9. The Labute approximate surface area is 161 Å². The molecule has 0 saturated carbocycles. The van der Waals surface area contributed by atoms with Crippen LogP contribution in [0.3, 0.4) is 0 Å². The lowest BCUT2D eigenvalue weighted by atomic mass is 10.0. The molecule has 1 amide bonds. The number of amides is 1. The van der Waals surface area contributed by atoms with Crippen molar-refractivity contribution < 1.29 is 13.2 Å². The number of piperazine rings is 1. The summed E-state index contributed by atoms with van der Waals surface area (Å²) in [6.45, 7) is 4.07. The maximum absolute atomic E-state index is 12.9. The van der Waals surface area contributed by atoms with Crippen LogP contribution >= 0.6 is 0 Å². The van der Waals surface area contributed by atoms with Gasteiger partial charge in [-0.2, -0.15) is 0 Å². The zero-order valence-electron chi connectivity index (χ0n) is 15.8. The standard InChI is InChI=1S/C21H26N2O3S/c1-17-8-10-19(11-9-17)27(25,26)15-12-21(24)23-14-13-22(2)16-20(23)18-6-4-3-5-7-18/h3-11,20H,12-16H2,1-2H3/t20-/m0/s1. The molecule has 1 aliphatic rings. The molecule has 0 bridgehead atoms. The normalized spacial score (nSPS) is 18.4. The second-order valence-corrected chi connectivity index (χ2v) is 9.27. The first kappa shape index (κ1) is 19.6. The fourth-order valence-electron chi connectivity index (χ4n) is 3.41. The number of carbonyl (C=O) groups is 1. The summed E-state index contributed by atoms with van der Waals surface area (Å²) >= 11 is 0. The molecule has 27 heavy (non-hydrogen) atoms. The van der Waals surface area contributed by atoms with E-state index in [9.17, 15) is 13.2 Å². The van der Waals surface area contributed by atoms with Crippen molar-refractivity contribution in [2.45, 2.75) is 24.3 Å². The SMILES string of the molecule is Cc1ccc(S(=O)(=O)CCC(=O)N2CCN(C)C[C@H]2c2ccccc2)cc1. The van der Waals surface area contributed by atoms with Gasteiger partial charge < -0.3 is 9.80 Å². The van der Waals surface area contributed by atoms with E-state index in [2.05, 4.69) is 4.90 Å². The van der Waals surface area contributed by atoms with E-state index in [1.54, 1.807) is 24.3 Å². The summed E-state index contributed by atoms with van der Waals surface area (Å²) in [4.78, 5) is 17.2. The molecule has 0 spiro atoms. The van der Waals surface area contributed by atoms with Crippen LogP contribution in [0.25, 0.3) is 0 Å². The van der Waals surface area contributed by atoms with E-state index in [0.717, 1.165) is 24.2 Å². The van der Waals surface area contributed by atoms with Gasteiger partial charge in [0.1, 0.15) is 0 Å².